The number of fused-ring (bicyclic) bond motifs is 1. The summed E-state index contributed by atoms with van der Waals surface area (Å²) in [5, 5.41) is 5.66. The minimum absolute atomic E-state index is 0.207. The van der Waals surface area contributed by atoms with Gasteiger partial charge >= 0.3 is 0 Å². The van der Waals surface area contributed by atoms with Gasteiger partial charge in [-0.3, -0.25) is 4.79 Å². The first kappa shape index (κ1) is 19.4. The number of aromatic nitrogens is 3. The second kappa shape index (κ2) is 7.82. The van der Waals surface area contributed by atoms with Crippen molar-refractivity contribution in [3.05, 3.63) is 66.1 Å². The summed E-state index contributed by atoms with van der Waals surface area (Å²) in [5.41, 5.74) is 2.77. The Kier molecular flexibility index (Phi) is 5.05. The maximum absolute atomic E-state index is 14.2. The molecule has 2 heterocycles. The van der Waals surface area contributed by atoms with Gasteiger partial charge < -0.3 is 19.9 Å². The number of ether oxygens (including phenoxy) is 1. The number of carbonyl (C=O) groups excluding carboxylic acids is 1. The molecular weight excluding hydrogens is 385 g/mol. The standard InChI is InChI=1S/C22H20FN5O2/c1-13-4-6-18(17(23)10-13)26-22-27-19-7-5-15(11-20(19)28(22)3)30-16-8-9-24-21(12-16)25-14(2)29/h4-12H,1-3H3,(H,26,27)(H,24,25,29). The molecule has 30 heavy (non-hydrogen) atoms. The second-order valence-corrected chi connectivity index (χ2v) is 6.91. The highest BCUT2D eigenvalue weighted by Crippen LogP contribution is 2.29. The number of imidazole rings is 1. The van der Waals surface area contributed by atoms with Gasteiger partial charge in [-0.2, -0.15) is 0 Å². The van der Waals surface area contributed by atoms with Gasteiger partial charge in [0.15, 0.2) is 0 Å². The van der Waals surface area contributed by atoms with Crippen LogP contribution in [0, 0.1) is 12.7 Å². The van der Waals surface area contributed by atoms with Crippen molar-refractivity contribution in [3.63, 3.8) is 0 Å². The molecule has 4 aromatic rings. The van der Waals surface area contributed by atoms with Crippen molar-refractivity contribution in [2.45, 2.75) is 13.8 Å². The van der Waals surface area contributed by atoms with Crippen LogP contribution < -0.4 is 15.4 Å². The van der Waals surface area contributed by atoms with Crippen LogP contribution >= 0.6 is 0 Å². The third kappa shape index (κ3) is 4.07. The van der Waals surface area contributed by atoms with Crippen LogP contribution in [-0.2, 0) is 11.8 Å². The predicted octanol–water partition coefficient (Wildman–Crippen LogP) is 4.91. The molecule has 7 nitrogen and oxygen atoms in total. The van der Waals surface area contributed by atoms with Crippen LogP contribution in [-0.4, -0.2) is 20.4 Å². The third-order valence-corrected chi connectivity index (χ3v) is 4.49. The Hall–Kier alpha value is -3.94. The molecule has 0 aliphatic heterocycles. The van der Waals surface area contributed by atoms with Gasteiger partial charge in [0, 0.05) is 32.3 Å². The number of nitrogens with one attached hydrogen (secondary N) is 2. The van der Waals surface area contributed by atoms with Crippen LogP contribution in [0.3, 0.4) is 0 Å². The van der Waals surface area contributed by atoms with E-state index in [1.807, 2.05) is 36.7 Å². The first-order chi connectivity index (χ1) is 14.4. The van der Waals surface area contributed by atoms with Crippen LogP contribution in [0.25, 0.3) is 11.0 Å². The van der Waals surface area contributed by atoms with Crippen LogP contribution in [0.1, 0.15) is 12.5 Å². The summed E-state index contributed by atoms with van der Waals surface area (Å²) >= 11 is 0. The summed E-state index contributed by atoms with van der Waals surface area (Å²) in [6.07, 6.45) is 1.56. The minimum Gasteiger partial charge on any atom is -0.457 e. The van der Waals surface area contributed by atoms with Crippen molar-refractivity contribution in [2.24, 2.45) is 7.05 Å². The van der Waals surface area contributed by atoms with Crippen molar-refractivity contribution in [3.8, 4) is 11.5 Å². The molecule has 8 heteroatoms. The van der Waals surface area contributed by atoms with E-state index >= 15 is 0 Å². The van der Waals surface area contributed by atoms with Gasteiger partial charge in [-0.25, -0.2) is 14.4 Å². The van der Waals surface area contributed by atoms with Crippen molar-refractivity contribution >= 4 is 34.4 Å². The summed E-state index contributed by atoms with van der Waals surface area (Å²) in [6, 6.07) is 13.8. The predicted molar refractivity (Wildman–Crippen MR) is 114 cm³/mol. The Labute approximate surface area is 172 Å². The number of halogens is 1. The molecule has 4 rings (SSSR count). The second-order valence-electron chi connectivity index (χ2n) is 6.91. The topological polar surface area (TPSA) is 81.1 Å². The zero-order chi connectivity index (χ0) is 21.3. The van der Waals surface area contributed by atoms with E-state index in [1.54, 1.807) is 30.5 Å². The summed E-state index contributed by atoms with van der Waals surface area (Å²) in [4.78, 5) is 19.8. The smallest absolute Gasteiger partial charge is 0.222 e. The number of carbonyl (C=O) groups is 1. The number of rotatable bonds is 5. The summed E-state index contributed by atoms with van der Waals surface area (Å²) in [6.45, 7) is 3.25. The molecule has 2 aromatic carbocycles. The molecule has 152 valence electrons. The molecule has 0 bridgehead atoms. The summed E-state index contributed by atoms with van der Waals surface area (Å²) in [7, 11) is 1.84. The van der Waals surface area contributed by atoms with Gasteiger partial charge in [0.2, 0.25) is 11.9 Å². The van der Waals surface area contributed by atoms with Crippen LogP contribution in [0.4, 0.5) is 21.8 Å². The lowest BCUT2D eigenvalue weighted by molar-refractivity contribution is -0.114. The Morgan fingerprint density at radius 1 is 1.10 bits per heavy atom. The lowest BCUT2D eigenvalue weighted by Crippen LogP contribution is -2.07. The molecule has 0 atom stereocenters. The highest BCUT2D eigenvalue weighted by molar-refractivity contribution is 5.87. The Morgan fingerprint density at radius 2 is 1.90 bits per heavy atom. The molecule has 0 radical (unpaired) electrons. The van der Waals surface area contributed by atoms with Crippen LogP contribution in [0.5, 0.6) is 11.5 Å². The monoisotopic (exact) mass is 405 g/mol. The van der Waals surface area contributed by atoms with E-state index < -0.39 is 0 Å². The number of benzene rings is 2. The molecule has 0 aliphatic carbocycles. The zero-order valence-corrected chi connectivity index (χ0v) is 16.7. The van der Waals surface area contributed by atoms with E-state index in [-0.39, 0.29) is 11.7 Å². The van der Waals surface area contributed by atoms with E-state index in [4.69, 9.17) is 4.74 Å². The highest BCUT2D eigenvalue weighted by Gasteiger charge is 2.12. The van der Waals surface area contributed by atoms with Crippen molar-refractivity contribution in [2.75, 3.05) is 10.6 Å². The lowest BCUT2D eigenvalue weighted by atomic mass is 10.2. The van der Waals surface area contributed by atoms with Gasteiger partial charge in [0.1, 0.15) is 23.1 Å². The number of hydrogen-bond acceptors (Lipinski definition) is 5. The fraction of sp³-hybridized carbons (Fsp3) is 0.136. The molecule has 2 N–H and O–H groups in total. The van der Waals surface area contributed by atoms with Gasteiger partial charge in [-0.1, -0.05) is 6.07 Å². The number of amides is 1. The maximum atomic E-state index is 14.2. The van der Waals surface area contributed by atoms with Gasteiger partial charge in [-0.05, 0) is 42.8 Å². The molecule has 0 saturated carbocycles. The molecule has 0 saturated heterocycles. The van der Waals surface area contributed by atoms with Gasteiger partial charge in [-0.15, -0.1) is 0 Å². The highest BCUT2D eigenvalue weighted by atomic mass is 19.1. The van der Waals surface area contributed by atoms with E-state index in [0.717, 1.165) is 16.6 Å². The normalized spacial score (nSPS) is 10.8. The number of nitrogens with zero attached hydrogens (tertiary/aromatic N) is 3. The molecule has 0 aliphatic rings. The number of pyridine rings is 1. The third-order valence-electron chi connectivity index (χ3n) is 4.49. The van der Waals surface area contributed by atoms with Gasteiger partial charge in [0.25, 0.3) is 0 Å². The zero-order valence-electron chi connectivity index (χ0n) is 16.7. The van der Waals surface area contributed by atoms with Crippen LogP contribution in [0.2, 0.25) is 0 Å². The average Bonchev–Trinajstić information content (AvgIpc) is 2.99. The fourth-order valence-corrected chi connectivity index (χ4v) is 3.05. The van der Waals surface area contributed by atoms with E-state index in [0.29, 0.717) is 29.0 Å². The summed E-state index contributed by atoms with van der Waals surface area (Å²) in [5.74, 6) is 1.52. The molecule has 0 fully saturated rings. The molecule has 2 aromatic heterocycles. The fourth-order valence-electron chi connectivity index (χ4n) is 3.05. The summed E-state index contributed by atoms with van der Waals surface area (Å²) < 4.78 is 21.9. The Morgan fingerprint density at radius 3 is 2.67 bits per heavy atom. The number of hydrogen-bond donors (Lipinski definition) is 2. The average molecular weight is 405 g/mol. The lowest BCUT2D eigenvalue weighted by Gasteiger charge is -2.09. The maximum Gasteiger partial charge on any atom is 0.222 e. The Bertz CT molecular complexity index is 1250. The van der Waals surface area contributed by atoms with E-state index in [2.05, 4.69) is 20.6 Å². The SMILES string of the molecule is CC(=O)Nc1cc(Oc2ccc3nc(Nc4ccc(C)cc4F)n(C)c3c2)ccn1. The van der Waals surface area contributed by atoms with E-state index in [9.17, 15) is 9.18 Å². The minimum atomic E-state index is -0.334. The molecule has 0 spiro atoms. The van der Waals surface area contributed by atoms with Crippen LogP contribution in [0.15, 0.2) is 54.7 Å². The molecule has 1 amide bonds. The quantitative estimate of drug-likeness (QED) is 0.493. The van der Waals surface area contributed by atoms with Crippen molar-refractivity contribution in [1.82, 2.24) is 14.5 Å². The number of aryl methyl sites for hydroxylation is 2. The van der Waals surface area contributed by atoms with Crippen molar-refractivity contribution < 1.29 is 13.9 Å². The Balaban J connectivity index is 1.60. The number of anilines is 3. The van der Waals surface area contributed by atoms with Gasteiger partial charge in [0.05, 0.1) is 16.7 Å². The first-order valence-corrected chi connectivity index (χ1v) is 9.30. The first-order valence-electron chi connectivity index (χ1n) is 9.30. The largest absolute Gasteiger partial charge is 0.457 e. The molecular formula is C22H20FN5O2. The van der Waals surface area contributed by atoms with E-state index in [1.165, 1.54) is 13.0 Å². The molecule has 0 unspecified atom stereocenters. The van der Waals surface area contributed by atoms with Crippen molar-refractivity contribution in [1.29, 1.82) is 0 Å².